The van der Waals surface area contributed by atoms with Crippen LogP contribution in [0, 0.1) is 5.92 Å². The molecule has 0 bridgehead atoms. The Kier molecular flexibility index (Phi) is 7.16. The van der Waals surface area contributed by atoms with Crippen molar-refractivity contribution >= 4 is 17.8 Å². The maximum absolute atomic E-state index is 13.0. The molecule has 0 radical (unpaired) electrons. The van der Waals surface area contributed by atoms with Crippen LogP contribution in [0.2, 0.25) is 0 Å². The average molecular weight is 399 g/mol. The number of rotatable bonds is 8. The Hall–Kier alpha value is -2.96. The fourth-order valence-corrected chi connectivity index (χ4v) is 3.23. The standard InChI is InChI=1S/C22H30N4O3/c1-16(2)15-29-21-13-17(9-10-20(21)28-3)25-22(27)19-8-4-5-12-26(19)24-14-18-7-6-11-23-18/h6-7,9-11,13-14,16,19,23H,4-5,8,12,15H2,1-3H3,(H,25,27)/b24-14+. The number of nitrogens with zero attached hydrogens (tertiary/aromatic N) is 2. The Morgan fingerprint density at radius 2 is 2.21 bits per heavy atom. The summed E-state index contributed by atoms with van der Waals surface area (Å²) < 4.78 is 11.2. The Morgan fingerprint density at radius 1 is 1.34 bits per heavy atom. The van der Waals surface area contributed by atoms with Crippen molar-refractivity contribution in [3.05, 3.63) is 42.2 Å². The van der Waals surface area contributed by atoms with Crippen molar-refractivity contribution in [3.8, 4) is 11.5 Å². The third-order valence-corrected chi connectivity index (χ3v) is 4.75. The highest BCUT2D eigenvalue weighted by molar-refractivity contribution is 5.95. The van der Waals surface area contributed by atoms with Crippen LogP contribution in [0.5, 0.6) is 11.5 Å². The molecule has 1 aromatic carbocycles. The van der Waals surface area contributed by atoms with Gasteiger partial charge in [-0.15, -0.1) is 0 Å². The van der Waals surface area contributed by atoms with E-state index in [-0.39, 0.29) is 11.9 Å². The molecule has 1 saturated heterocycles. The van der Waals surface area contributed by atoms with Crippen LogP contribution in [0.4, 0.5) is 5.69 Å². The van der Waals surface area contributed by atoms with Crippen LogP contribution in [-0.2, 0) is 4.79 Å². The van der Waals surface area contributed by atoms with Crippen molar-refractivity contribution in [1.29, 1.82) is 0 Å². The first kappa shape index (κ1) is 20.8. The van der Waals surface area contributed by atoms with E-state index in [2.05, 4.69) is 29.2 Å². The Labute approximate surface area is 172 Å². The van der Waals surface area contributed by atoms with Crippen molar-refractivity contribution in [1.82, 2.24) is 9.99 Å². The van der Waals surface area contributed by atoms with Crippen LogP contribution in [0.15, 0.2) is 41.6 Å². The molecule has 1 unspecified atom stereocenters. The van der Waals surface area contributed by atoms with E-state index >= 15 is 0 Å². The van der Waals surface area contributed by atoms with Gasteiger partial charge in [0.2, 0.25) is 5.91 Å². The summed E-state index contributed by atoms with van der Waals surface area (Å²) in [7, 11) is 1.61. The Balaban J connectivity index is 1.69. The molecule has 1 aliphatic heterocycles. The number of hydrogen-bond acceptors (Lipinski definition) is 5. The molecule has 2 N–H and O–H groups in total. The minimum absolute atomic E-state index is 0.0617. The molecule has 29 heavy (non-hydrogen) atoms. The number of benzene rings is 1. The molecule has 1 aliphatic rings. The average Bonchev–Trinajstić information content (AvgIpc) is 3.24. The van der Waals surface area contributed by atoms with E-state index in [4.69, 9.17) is 9.47 Å². The summed E-state index contributed by atoms with van der Waals surface area (Å²) >= 11 is 0. The van der Waals surface area contributed by atoms with Crippen LogP contribution in [-0.4, -0.2) is 48.4 Å². The highest BCUT2D eigenvalue weighted by atomic mass is 16.5. The molecule has 0 spiro atoms. The number of hydrazone groups is 1. The highest BCUT2D eigenvalue weighted by Gasteiger charge is 2.28. The number of aromatic nitrogens is 1. The summed E-state index contributed by atoms with van der Waals surface area (Å²) in [6, 6.07) is 9.02. The summed E-state index contributed by atoms with van der Waals surface area (Å²) in [5, 5.41) is 9.43. The third-order valence-electron chi connectivity index (χ3n) is 4.75. The normalized spacial score (nSPS) is 17.0. The van der Waals surface area contributed by atoms with E-state index in [9.17, 15) is 4.79 Å². The lowest BCUT2D eigenvalue weighted by atomic mass is 10.0. The van der Waals surface area contributed by atoms with Gasteiger partial charge in [0.1, 0.15) is 6.04 Å². The quantitative estimate of drug-likeness (QED) is 0.662. The van der Waals surface area contributed by atoms with Gasteiger partial charge >= 0.3 is 0 Å². The predicted molar refractivity (Wildman–Crippen MR) is 115 cm³/mol. The van der Waals surface area contributed by atoms with Gasteiger partial charge in [-0.3, -0.25) is 9.80 Å². The molecule has 1 fully saturated rings. The molecule has 2 aromatic rings. The molecule has 0 aliphatic carbocycles. The number of hydrogen-bond donors (Lipinski definition) is 2. The molecular formula is C22H30N4O3. The van der Waals surface area contributed by atoms with Gasteiger partial charge in [-0.25, -0.2) is 0 Å². The topological polar surface area (TPSA) is 79.0 Å². The number of aromatic amines is 1. The number of anilines is 1. The number of amides is 1. The fraction of sp³-hybridized carbons (Fsp3) is 0.455. The number of carbonyl (C=O) groups excluding carboxylic acids is 1. The molecule has 156 valence electrons. The van der Waals surface area contributed by atoms with Gasteiger partial charge in [-0.05, 0) is 49.4 Å². The highest BCUT2D eigenvalue weighted by Crippen LogP contribution is 2.31. The number of carbonyl (C=O) groups is 1. The second kappa shape index (κ2) is 10.0. The number of nitrogens with one attached hydrogen (secondary N) is 2. The maximum Gasteiger partial charge on any atom is 0.248 e. The lowest BCUT2D eigenvalue weighted by molar-refractivity contribution is -0.122. The zero-order valence-electron chi connectivity index (χ0n) is 17.4. The molecule has 0 saturated carbocycles. The number of H-pyrrole nitrogens is 1. The van der Waals surface area contributed by atoms with Gasteiger partial charge in [-0.2, -0.15) is 5.10 Å². The van der Waals surface area contributed by atoms with Crippen LogP contribution in [0.1, 0.15) is 38.8 Å². The number of piperidine rings is 1. The largest absolute Gasteiger partial charge is 0.493 e. The van der Waals surface area contributed by atoms with Gasteiger partial charge in [-0.1, -0.05) is 13.8 Å². The minimum Gasteiger partial charge on any atom is -0.493 e. The smallest absolute Gasteiger partial charge is 0.248 e. The lowest BCUT2D eigenvalue weighted by Crippen LogP contribution is -2.44. The minimum atomic E-state index is -0.294. The van der Waals surface area contributed by atoms with E-state index < -0.39 is 0 Å². The van der Waals surface area contributed by atoms with E-state index in [1.165, 1.54) is 0 Å². The van der Waals surface area contributed by atoms with Gasteiger partial charge in [0.05, 0.1) is 25.6 Å². The second-order valence-corrected chi connectivity index (χ2v) is 7.60. The second-order valence-electron chi connectivity index (χ2n) is 7.60. The van der Waals surface area contributed by atoms with Gasteiger partial charge in [0.25, 0.3) is 0 Å². The first-order valence-electron chi connectivity index (χ1n) is 10.1. The van der Waals surface area contributed by atoms with E-state index in [1.807, 2.05) is 41.5 Å². The number of methoxy groups -OCH3 is 1. The molecule has 7 nitrogen and oxygen atoms in total. The SMILES string of the molecule is COc1ccc(NC(=O)C2CCCCN2/N=C/c2ccc[nH]2)cc1OCC(C)C. The van der Waals surface area contributed by atoms with Crippen LogP contribution in [0.25, 0.3) is 0 Å². The van der Waals surface area contributed by atoms with Gasteiger partial charge < -0.3 is 19.8 Å². The van der Waals surface area contributed by atoms with Crippen LogP contribution >= 0.6 is 0 Å². The van der Waals surface area contributed by atoms with E-state index in [0.29, 0.717) is 29.7 Å². The van der Waals surface area contributed by atoms with E-state index in [0.717, 1.165) is 31.5 Å². The maximum atomic E-state index is 13.0. The van der Waals surface area contributed by atoms with Crippen molar-refractivity contribution in [2.24, 2.45) is 11.0 Å². The molecule has 3 rings (SSSR count). The van der Waals surface area contributed by atoms with Crippen molar-refractivity contribution in [2.45, 2.75) is 39.2 Å². The van der Waals surface area contributed by atoms with E-state index in [1.54, 1.807) is 13.3 Å². The Morgan fingerprint density at radius 3 is 2.93 bits per heavy atom. The monoisotopic (exact) mass is 398 g/mol. The van der Waals surface area contributed by atoms with Crippen molar-refractivity contribution < 1.29 is 14.3 Å². The molecular weight excluding hydrogens is 368 g/mol. The summed E-state index contributed by atoms with van der Waals surface area (Å²) in [6.45, 7) is 5.52. The third kappa shape index (κ3) is 5.76. The zero-order chi connectivity index (χ0) is 20.6. The molecule has 2 heterocycles. The molecule has 7 heteroatoms. The van der Waals surface area contributed by atoms with Gasteiger partial charge in [0, 0.05) is 24.5 Å². The lowest BCUT2D eigenvalue weighted by Gasteiger charge is -2.32. The summed E-state index contributed by atoms with van der Waals surface area (Å²) in [5.41, 5.74) is 1.60. The molecule has 1 amide bonds. The van der Waals surface area contributed by atoms with Crippen molar-refractivity contribution in [2.75, 3.05) is 25.6 Å². The summed E-state index contributed by atoms with van der Waals surface area (Å²) in [6.07, 6.45) is 6.43. The summed E-state index contributed by atoms with van der Waals surface area (Å²) in [4.78, 5) is 16.1. The summed E-state index contributed by atoms with van der Waals surface area (Å²) in [5.74, 6) is 1.61. The van der Waals surface area contributed by atoms with Gasteiger partial charge in [0.15, 0.2) is 11.5 Å². The predicted octanol–water partition coefficient (Wildman–Crippen LogP) is 3.89. The number of ether oxygens (including phenoxy) is 2. The first-order valence-corrected chi connectivity index (χ1v) is 10.1. The Bertz CT molecular complexity index is 817. The molecule has 1 aromatic heterocycles. The molecule has 1 atom stereocenters. The van der Waals surface area contributed by atoms with Crippen molar-refractivity contribution in [3.63, 3.8) is 0 Å². The fourth-order valence-electron chi connectivity index (χ4n) is 3.23. The van der Waals surface area contributed by atoms with Crippen LogP contribution in [0.3, 0.4) is 0 Å². The zero-order valence-corrected chi connectivity index (χ0v) is 17.4. The van der Waals surface area contributed by atoms with Crippen LogP contribution < -0.4 is 14.8 Å². The first-order chi connectivity index (χ1) is 14.1.